The minimum absolute atomic E-state index is 0.607. The Morgan fingerprint density at radius 2 is 1.54 bits per heavy atom. The molecule has 0 spiro atoms. The van der Waals surface area contributed by atoms with Crippen LogP contribution in [0.25, 0.3) is 11.1 Å². The minimum Gasteiger partial charge on any atom is -0.312 e. The Labute approximate surface area is 157 Å². The minimum atomic E-state index is 0.607. The first-order chi connectivity index (χ1) is 12.7. The number of hydrogen-bond donors (Lipinski definition) is 1. The molecule has 0 atom stereocenters. The summed E-state index contributed by atoms with van der Waals surface area (Å²) in [5.74, 6) is 0. The molecule has 26 heavy (non-hydrogen) atoms. The molecule has 1 N–H and O–H groups in total. The van der Waals surface area contributed by atoms with Crippen LogP contribution in [0.15, 0.2) is 72.8 Å². The van der Waals surface area contributed by atoms with Crippen LogP contribution in [0, 0.1) is 0 Å². The Hall–Kier alpha value is -2.45. The lowest BCUT2D eigenvalue weighted by atomic mass is 9.99. The molecular weight excluding hydrogens is 318 g/mol. The zero-order chi connectivity index (χ0) is 18.6. The molecule has 2 rings (SSSR count). The summed E-state index contributed by atoms with van der Waals surface area (Å²) >= 11 is 0. The van der Waals surface area contributed by atoms with Gasteiger partial charge < -0.3 is 10.1 Å². The first-order valence-electron chi connectivity index (χ1n) is 9.32. The summed E-state index contributed by atoms with van der Waals surface area (Å²) in [4.78, 5) is 10.4. The van der Waals surface area contributed by atoms with Crippen molar-refractivity contribution in [2.45, 2.75) is 39.2 Å². The Bertz CT molecular complexity index is 711. The lowest BCUT2D eigenvalue weighted by molar-refractivity contribution is -0.107. The molecule has 2 aromatic rings. The Kier molecular flexibility index (Phi) is 8.57. The summed E-state index contributed by atoms with van der Waals surface area (Å²) < 4.78 is 0. The van der Waals surface area contributed by atoms with E-state index in [4.69, 9.17) is 0 Å². The molecule has 0 aliphatic rings. The highest BCUT2D eigenvalue weighted by Gasteiger charge is 2.00. The highest BCUT2D eigenvalue weighted by Crippen LogP contribution is 2.21. The summed E-state index contributed by atoms with van der Waals surface area (Å²) in [5.41, 5.74) is 6.39. The van der Waals surface area contributed by atoms with Crippen molar-refractivity contribution in [2.75, 3.05) is 6.54 Å². The third-order valence-corrected chi connectivity index (χ3v) is 4.36. The smallest absolute Gasteiger partial charge is 0.120 e. The van der Waals surface area contributed by atoms with Crippen LogP contribution in [0.4, 0.5) is 0 Å². The first-order valence-corrected chi connectivity index (χ1v) is 9.32. The largest absolute Gasteiger partial charge is 0.312 e. The fourth-order valence-corrected chi connectivity index (χ4v) is 2.86. The van der Waals surface area contributed by atoms with Crippen LogP contribution in [0.1, 0.15) is 37.3 Å². The predicted molar refractivity (Wildman–Crippen MR) is 111 cm³/mol. The molecule has 136 valence electrons. The van der Waals surface area contributed by atoms with Crippen molar-refractivity contribution in [1.82, 2.24) is 5.32 Å². The fourth-order valence-electron chi connectivity index (χ4n) is 2.86. The molecule has 0 unspecified atom stereocenters. The normalized spacial score (nSPS) is 11.3. The van der Waals surface area contributed by atoms with Crippen LogP contribution in [-0.2, 0) is 17.8 Å². The number of rotatable bonds is 11. The van der Waals surface area contributed by atoms with Crippen LogP contribution in [0.3, 0.4) is 0 Å². The highest BCUT2D eigenvalue weighted by molar-refractivity contribution is 5.64. The Balaban J connectivity index is 1.92. The van der Waals surface area contributed by atoms with Crippen LogP contribution < -0.4 is 5.32 Å². The van der Waals surface area contributed by atoms with Crippen LogP contribution >= 0.6 is 0 Å². The number of hydrogen-bond acceptors (Lipinski definition) is 2. The topological polar surface area (TPSA) is 29.1 Å². The quantitative estimate of drug-likeness (QED) is 0.331. The molecule has 2 heteroatoms. The van der Waals surface area contributed by atoms with E-state index >= 15 is 0 Å². The van der Waals surface area contributed by atoms with E-state index in [0.29, 0.717) is 6.42 Å². The maximum absolute atomic E-state index is 10.4. The van der Waals surface area contributed by atoms with E-state index < -0.39 is 0 Å². The standard InChI is InChI=1S/C24H29NO/c1-3-4-16-25-19-22-10-14-24(15-11-22)23-12-8-21(9-13-23)18-20(2)7-5-6-17-26/h3,7-15,17,25H,1,4-6,16,18-19H2,2H3. The van der Waals surface area contributed by atoms with Crippen LogP contribution in [0.5, 0.6) is 0 Å². The van der Waals surface area contributed by atoms with Crippen molar-refractivity contribution in [2.24, 2.45) is 0 Å². The van der Waals surface area contributed by atoms with Gasteiger partial charge in [0.05, 0.1) is 0 Å². The van der Waals surface area contributed by atoms with E-state index in [0.717, 1.165) is 38.6 Å². The number of carbonyl (C=O) groups is 1. The van der Waals surface area contributed by atoms with Gasteiger partial charge in [-0.25, -0.2) is 0 Å². The SMILES string of the molecule is C=CCCNCc1ccc(-c2ccc(CC(C)=CCCC=O)cc2)cc1. The predicted octanol–water partition coefficient (Wildman–Crippen LogP) is 5.49. The highest BCUT2D eigenvalue weighted by atomic mass is 16.1. The van der Waals surface area contributed by atoms with Crippen molar-refractivity contribution in [3.63, 3.8) is 0 Å². The number of carbonyl (C=O) groups excluding carboxylic acids is 1. The molecule has 0 aliphatic carbocycles. The molecule has 0 radical (unpaired) electrons. The Morgan fingerprint density at radius 3 is 2.12 bits per heavy atom. The van der Waals surface area contributed by atoms with Gasteiger partial charge in [0, 0.05) is 13.0 Å². The van der Waals surface area contributed by atoms with Gasteiger partial charge in [-0.15, -0.1) is 6.58 Å². The van der Waals surface area contributed by atoms with Crippen molar-refractivity contribution in [3.05, 3.63) is 84.0 Å². The second-order valence-corrected chi connectivity index (χ2v) is 6.62. The molecule has 0 aliphatic heterocycles. The summed E-state index contributed by atoms with van der Waals surface area (Å²) in [6, 6.07) is 17.5. The van der Waals surface area contributed by atoms with Gasteiger partial charge in [0.2, 0.25) is 0 Å². The van der Waals surface area contributed by atoms with Crippen LogP contribution in [-0.4, -0.2) is 12.8 Å². The number of allylic oxidation sites excluding steroid dienone is 2. The number of nitrogens with one attached hydrogen (secondary N) is 1. The molecule has 0 amide bonds. The van der Waals surface area contributed by atoms with Gasteiger partial charge in [-0.05, 0) is 55.0 Å². The van der Waals surface area contributed by atoms with Gasteiger partial charge >= 0.3 is 0 Å². The Morgan fingerprint density at radius 1 is 0.923 bits per heavy atom. The van der Waals surface area contributed by atoms with Gasteiger partial charge in [0.1, 0.15) is 6.29 Å². The molecule has 0 bridgehead atoms. The van der Waals surface area contributed by atoms with E-state index in [2.05, 4.69) is 73.4 Å². The van der Waals surface area contributed by atoms with Gasteiger partial charge in [0.25, 0.3) is 0 Å². The second kappa shape index (κ2) is 11.2. The van der Waals surface area contributed by atoms with E-state index in [1.807, 2.05) is 6.08 Å². The van der Waals surface area contributed by atoms with Gasteiger partial charge in [0.15, 0.2) is 0 Å². The average molecular weight is 348 g/mol. The first kappa shape index (κ1) is 19.9. The lowest BCUT2D eigenvalue weighted by Crippen LogP contribution is -2.13. The molecule has 0 aromatic heterocycles. The van der Waals surface area contributed by atoms with Crippen molar-refractivity contribution < 1.29 is 4.79 Å². The summed E-state index contributed by atoms with van der Waals surface area (Å²) in [6.07, 6.45) is 8.44. The van der Waals surface area contributed by atoms with E-state index in [-0.39, 0.29) is 0 Å². The molecule has 0 saturated carbocycles. The average Bonchev–Trinajstić information content (AvgIpc) is 2.67. The summed E-state index contributed by atoms with van der Waals surface area (Å²) in [7, 11) is 0. The summed E-state index contributed by atoms with van der Waals surface area (Å²) in [5, 5.41) is 3.41. The van der Waals surface area contributed by atoms with Crippen LogP contribution in [0.2, 0.25) is 0 Å². The maximum Gasteiger partial charge on any atom is 0.120 e. The molecular formula is C24H29NO. The molecule has 0 heterocycles. The number of unbranched alkanes of at least 4 members (excludes halogenated alkanes) is 1. The third-order valence-electron chi connectivity index (χ3n) is 4.36. The second-order valence-electron chi connectivity index (χ2n) is 6.62. The van der Waals surface area contributed by atoms with Gasteiger partial charge in [-0.2, -0.15) is 0 Å². The molecule has 2 nitrogen and oxygen atoms in total. The zero-order valence-corrected chi connectivity index (χ0v) is 15.7. The maximum atomic E-state index is 10.4. The zero-order valence-electron chi connectivity index (χ0n) is 15.7. The molecule has 2 aromatic carbocycles. The van der Waals surface area contributed by atoms with Gasteiger partial charge in [-0.1, -0.05) is 66.3 Å². The van der Waals surface area contributed by atoms with E-state index in [1.165, 1.54) is 27.8 Å². The monoisotopic (exact) mass is 347 g/mol. The lowest BCUT2D eigenvalue weighted by Gasteiger charge is -2.07. The van der Waals surface area contributed by atoms with Crippen molar-refractivity contribution >= 4 is 6.29 Å². The number of aldehydes is 1. The number of benzene rings is 2. The fraction of sp³-hybridized carbons (Fsp3) is 0.292. The summed E-state index contributed by atoms with van der Waals surface area (Å²) in [6.45, 7) is 7.72. The van der Waals surface area contributed by atoms with E-state index in [9.17, 15) is 4.79 Å². The van der Waals surface area contributed by atoms with Crippen molar-refractivity contribution in [1.29, 1.82) is 0 Å². The van der Waals surface area contributed by atoms with Crippen molar-refractivity contribution in [3.8, 4) is 11.1 Å². The molecule has 0 saturated heterocycles. The van der Waals surface area contributed by atoms with E-state index in [1.54, 1.807) is 0 Å². The molecule has 0 fully saturated rings. The third kappa shape index (κ3) is 6.81. The van der Waals surface area contributed by atoms with Gasteiger partial charge in [-0.3, -0.25) is 0 Å².